The van der Waals surface area contributed by atoms with Crippen LogP contribution in [0.15, 0.2) is 73.4 Å². The van der Waals surface area contributed by atoms with Gasteiger partial charge in [-0.15, -0.1) is 0 Å². The van der Waals surface area contributed by atoms with Crippen LogP contribution in [-0.4, -0.2) is 47.7 Å². The van der Waals surface area contributed by atoms with Gasteiger partial charge < -0.3 is 20.3 Å². The van der Waals surface area contributed by atoms with E-state index in [1.54, 1.807) is 6.20 Å². The number of hydrogen-bond acceptors (Lipinski definition) is 8. The van der Waals surface area contributed by atoms with Gasteiger partial charge in [0.25, 0.3) is 0 Å². The van der Waals surface area contributed by atoms with Crippen molar-refractivity contribution < 1.29 is 5.11 Å². The second-order valence-electron chi connectivity index (χ2n) is 9.05. The van der Waals surface area contributed by atoms with Crippen LogP contribution in [0.25, 0.3) is 33.8 Å². The van der Waals surface area contributed by atoms with E-state index in [9.17, 15) is 0 Å². The van der Waals surface area contributed by atoms with Gasteiger partial charge in [0.2, 0.25) is 0 Å². The Morgan fingerprint density at radius 1 is 0.946 bits per heavy atom. The Balaban J connectivity index is 1.43. The van der Waals surface area contributed by atoms with Crippen molar-refractivity contribution in [1.82, 2.24) is 29.5 Å². The molecule has 0 aliphatic carbocycles. The van der Waals surface area contributed by atoms with Crippen LogP contribution >= 0.6 is 0 Å². The highest BCUT2D eigenvalue weighted by molar-refractivity contribution is 5.85. The van der Waals surface area contributed by atoms with Crippen LogP contribution in [0, 0.1) is 0 Å². The topological polar surface area (TPSA) is 114 Å². The van der Waals surface area contributed by atoms with Crippen molar-refractivity contribution in [2.45, 2.75) is 32.9 Å². The minimum absolute atomic E-state index is 0.155. The molecule has 1 aromatic carbocycles. The lowest BCUT2D eigenvalue weighted by molar-refractivity contribution is 0.292. The summed E-state index contributed by atoms with van der Waals surface area (Å²) in [6.45, 7) is 5.61. The molecule has 4 aromatic heterocycles. The summed E-state index contributed by atoms with van der Waals surface area (Å²) in [6.07, 6.45) is 7.93. The molecule has 9 nitrogen and oxygen atoms in total. The summed E-state index contributed by atoms with van der Waals surface area (Å²) in [5.74, 6) is 1.29. The maximum Gasteiger partial charge on any atom is 0.166 e. The molecular formula is C28H30N8O. The molecule has 0 unspecified atom stereocenters. The monoisotopic (exact) mass is 494 g/mol. The number of rotatable bonds is 10. The molecule has 5 aromatic rings. The van der Waals surface area contributed by atoms with Gasteiger partial charge in [0.1, 0.15) is 5.52 Å². The van der Waals surface area contributed by atoms with Crippen molar-refractivity contribution in [3.8, 4) is 22.6 Å². The van der Waals surface area contributed by atoms with E-state index in [1.165, 1.54) is 0 Å². The fourth-order valence-corrected chi connectivity index (χ4v) is 4.03. The number of aliphatic hydroxyl groups is 1. The molecular weight excluding hydrogens is 464 g/mol. The summed E-state index contributed by atoms with van der Waals surface area (Å²) in [7, 11) is 0. The van der Waals surface area contributed by atoms with E-state index < -0.39 is 0 Å². The van der Waals surface area contributed by atoms with Crippen LogP contribution in [0.3, 0.4) is 0 Å². The third-order valence-electron chi connectivity index (χ3n) is 6.00. The number of nitrogens with zero attached hydrogens (tertiary/aromatic N) is 6. The van der Waals surface area contributed by atoms with E-state index in [2.05, 4.69) is 50.1 Å². The number of anilines is 2. The highest BCUT2D eigenvalue weighted by atomic mass is 16.3. The smallest absolute Gasteiger partial charge is 0.166 e. The van der Waals surface area contributed by atoms with Gasteiger partial charge in [-0.1, -0.05) is 18.2 Å². The first kappa shape index (κ1) is 24.3. The van der Waals surface area contributed by atoms with E-state index in [4.69, 9.17) is 15.1 Å². The lowest BCUT2D eigenvalue weighted by Gasteiger charge is -2.12. The third-order valence-corrected chi connectivity index (χ3v) is 6.00. The number of nitrogens with one attached hydrogen (secondary N) is 2. The first-order valence-corrected chi connectivity index (χ1v) is 12.4. The lowest BCUT2D eigenvalue weighted by Crippen LogP contribution is -2.07. The number of benzene rings is 1. The second kappa shape index (κ2) is 11.1. The summed E-state index contributed by atoms with van der Waals surface area (Å²) in [4.78, 5) is 23.2. The van der Waals surface area contributed by atoms with Crippen LogP contribution < -0.4 is 10.6 Å². The predicted octanol–water partition coefficient (Wildman–Crippen LogP) is 4.94. The Hall–Kier alpha value is -4.37. The molecule has 0 aliphatic heterocycles. The van der Waals surface area contributed by atoms with Crippen LogP contribution in [0.4, 0.5) is 11.5 Å². The normalized spacial score (nSPS) is 11.2. The molecule has 9 heteroatoms. The molecule has 0 fully saturated rings. The maximum absolute atomic E-state index is 9.08. The number of aliphatic hydroxyl groups excluding tert-OH is 1. The average Bonchev–Trinajstić information content (AvgIpc) is 3.38. The zero-order chi connectivity index (χ0) is 25.6. The van der Waals surface area contributed by atoms with Crippen molar-refractivity contribution >= 4 is 22.7 Å². The molecule has 4 heterocycles. The van der Waals surface area contributed by atoms with Gasteiger partial charge in [0.05, 0.1) is 12.0 Å². The Morgan fingerprint density at radius 2 is 1.84 bits per heavy atom. The molecule has 0 radical (unpaired) electrons. The van der Waals surface area contributed by atoms with E-state index in [-0.39, 0.29) is 12.6 Å². The van der Waals surface area contributed by atoms with Gasteiger partial charge in [-0.3, -0.25) is 9.97 Å². The molecule has 37 heavy (non-hydrogen) atoms. The minimum Gasteiger partial charge on any atom is -0.396 e. The Kier molecular flexibility index (Phi) is 7.32. The molecule has 0 spiro atoms. The zero-order valence-corrected chi connectivity index (χ0v) is 21.0. The number of pyridine rings is 2. The molecule has 5 rings (SSSR count). The SMILES string of the molecule is CC(C)n1cnc2c(NCc3ccc(-c4cccnc4)nc3)nc(-c3cccc(NCCCO)c3)nc21. The summed E-state index contributed by atoms with van der Waals surface area (Å²) < 4.78 is 2.05. The van der Waals surface area contributed by atoms with Gasteiger partial charge in [-0.05, 0) is 56.2 Å². The first-order chi connectivity index (χ1) is 18.1. The van der Waals surface area contributed by atoms with Crippen LogP contribution in [0.5, 0.6) is 0 Å². The van der Waals surface area contributed by atoms with Crippen molar-refractivity contribution in [3.63, 3.8) is 0 Å². The summed E-state index contributed by atoms with van der Waals surface area (Å²) in [5, 5.41) is 15.9. The van der Waals surface area contributed by atoms with E-state index in [1.807, 2.05) is 61.2 Å². The first-order valence-electron chi connectivity index (χ1n) is 12.4. The Bertz CT molecular complexity index is 1470. The predicted molar refractivity (Wildman–Crippen MR) is 146 cm³/mol. The van der Waals surface area contributed by atoms with E-state index in [0.29, 0.717) is 31.2 Å². The lowest BCUT2D eigenvalue weighted by atomic mass is 10.1. The van der Waals surface area contributed by atoms with E-state index >= 15 is 0 Å². The second-order valence-corrected chi connectivity index (χ2v) is 9.05. The molecule has 0 bridgehead atoms. The average molecular weight is 495 g/mol. The van der Waals surface area contributed by atoms with Gasteiger partial charge in [-0.25, -0.2) is 15.0 Å². The quantitative estimate of drug-likeness (QED) is 0.234. The number of fused-ring (bicyclic) bond motifs is 1. The molecule has 3 N–H and O–H groups in total. The van der Waals surface area contributed by atoms with E-state index in [0.717, 1.165) is 39.2 Å². The van der Waals surface area contributed by atoms with Crippen LogP contribution in [-0.2, 0) is 6.54 Å². The van der Waals surface area contributed by atoms with Crippen molar-refractivity contribution in [1.29, 1.82) is 0 Å². The summed E-state index contributed by atoms with van der Waals surface area (Å²) >= 11 is 0. The zero-order valence-electron chi connectivity index (χ0n) is 21.0. The molecule has 0 amide bonds. The highest BCUT2D eigenvalue weighted by Gasteiger charge is 2.16. The van der Waals surface area contributed by atoms with Crippen LogP contribution in [0.2, 0.25) is 0 Å². The number of aromatic nitrogens is 6. The molecule has 0 aliphatic rings. The Labute approximate surface area is 215 Å². The largest absolute Gasteiger partial charge is 0.396 e. The van der Waals surface area contributed by atoms with Crippen molar-refractivity contribution in [2.24, 2.45) is 0 Å². The van der Waals surface area contributed by atoms with Gasteiger partial charge in [0, 0.05) is 61.1 Å². The fraction of sp³-hybridized carbons (Fsp3) is 0.250. The molecule has 0 saturated heterocycles. The summed E-state index contributed by atoms with van der Waals surface area (Å²) in [5.41, 5.74) is 6.27. The summed E-state index contributed by atoms with van der Waals surface area (Å²) in [6, 6.07) is 16.2. The van der Waals surface area contributed by atoms with Crippen molar-refractivity contribution in [2.75, 3.05) is 23.8 Å². The molecule has 188 valence electrons. The number of hydrogen-bond donors (Lipinski definition) is 3. The standard InChI is InChI=1S/C28H30N8O/c1-19(2)36-18-33-25-27(32-16-20-9-10-24(31-15-20)22-7-4-11-29-17-22)34-26(35-28(25)36)21-6-3-8-23(14-21)30-12-5-13-37/h3-4,6-11,14-15,17-19,30,37H,5,12-13,16H2,1-2H3,(H,32,34,35). The molecule has 0 saturated carbocycles. The van der Waals surface area contributed by atoms with Crippen LogP contribution in [0.1, 0.15) is 31.9 Å². The third kappa shape index (κ3) is 5.57. The highest BCUT2D eigenvalue weighted by Crippen LogP contribution is 2.27. The van der Waals surface area contributed by atoms with Gasteiger partial charge in [0.15, 0.2) is 17.3 Å². The maximum atomic E-state index is 9.08. The molecule has 0 atom stereocenters. The van der Waals surface area contributed by atoms with Gasteiger partial charge >= 0.3 is 0 Å². The minimum atomic E-state index is 0.155. The van der Waals surface area contributed by atoms with Crippen molar-refractivity contribution in [3.05, 3.63) is 79.0 Å². The number of imidazole rings is 1. The van der Waals surface area contributed by atoms with Gasteiger partial charge in [-0.2, -0.15) is 0 Å². The fourth-order valence-electron chi connectivity index (χ4n) is 4.03. The Morgan fingerprint density at radius 3 is 2.59 bits per heavy atom.